The smallest absolute Gasteiger partial charge is 0.857 e. The van der Waals surface area contributed by atoms with E-state index in [1.165, 1.54) is 0 Å². The fourth-order valence-electron chi connectivity index (χ4n) is 4.17. The summed E-state index contributed by atoms with van der Waals surface area (Å²) in [7, 11) is 3.96. The summed E-state index contributed by atoms with van der Waals surface area (Å²) in [6.45, 7) is 15.6. The van der Waals surface area contributed by atoms with Crippen molar-refractivity contribution in [3.63, 3.8) is 0 Å². The Morgan fingerprint density at radius 1 is 1.00 bits per heavy atom. The number of carboxylic acids is 1. The van der Waals surface area contributed by atoms with Crippen LogP contribution in [0.25, 0.3) is 5.57 Å². The molecule has 2 unspecified atom stereocenters. The number of allylic oxidation sites excluding steroid dienone is 5. The minimum atomic E-state index is -0.697. The zero-order valence-electron chi connectivity index (χ0n) is 25.6. The van der Waals surface area contributed by atoms with Crippen LogP contribution in [0.5, 0.6) is 11.5 Å². The van der Waals surface area contributed by atoms with Gasteiger partial charge in [0.05, 0.1) is 20.1 Å². The number of aromatic hydroxyl groups is 1. The summed E-state index contributed by atoms with van der Waals surface area (Å²) < 4.78 is 20.9. The third-order valence-corrected chi connectivity index (χ3v) is 6.31. The van der Waals surface area contributed by atoms with Crippen LogP contribution in [-0.4, -0.2) is 50.7 Å². The number of methoxy groups -OCH3 is 2. The van der Waals surface area contributed by atoms with E-state index in [1.54, 1.807) is 56.7 Å². The van der Waals surface area contributed by atoms with Crippen molar-refractivity contribution in [1.82, 2.24) is 0 Å². The van der Waals surface area contributed by atoms with Crippen molar-refractivity contribution in [2.75, 3.05) is 34.5 Å². The maximum atomic E-state index is 10.9. The van der Waals surface area contributed by atoms with Gasteiger partial charge in [0.2, 0.25) is 0 Å². The van der Waals surface area contributed by atoms with Crippen LogP contribution in [0, 0.1) is 5.92 Å². The minimum absolute atomic E-state index is 0. The maximum Gasteiger partial charge on any atom is 1.00 e. The molecule has 0 spiro atoms. The van der Waals surface area contributed by atoms with E-state index in [0.29, 0.717) is 24.7 Å². The number of phenols is 1. The Kier molecular flexibility index (Phi) is 20.9. The summed E-state index contributed by atoms with van der Waals surface area (Å²) >= 11 is 0. The number of aliphatic carboxylic acids is 1. The summed E-state index contributed by atoms with van der Waals surface area (Å²) in [6.07, 6.45) is 8.41. The number of ether oxygens (including phenoxy) is 4. The molecule has 2 aromatic carbocycles. The standard InChI is InChI=1S/C14H14O3.C12H14O3.C7H10O.CH3O.K/c1-3-13(11-5-4-6-12(15)9-11)14-10(2)16-7-8-17-14;1-15-11-5-3-2-4-9(11)8-6-7-10(8)12(13)14;1-4-6-7(5-2)8-3;1-2;/h3-6,9,15H,1-2,7-8H2;2-5,8,10H,6-7H2,1H3,(H,13,14);4-6H,1-2H2,3H3;1H3;/q;;;-1;+1/b14-13-;;7-6+;;. The Hall–Kier alpha value is -3.05. The number of hydrogen-bond acceptors (Lipinski definition) is 7. The van der Waals surface area contributed by atoms with Crippen molar-refractivity contribution in [3.8, 4) is 11.5 Å². The van der Waals surface area contributed by atoms with Crippen molar-refractivity contribution in [2.24, 2.45) is 5.92 Å². The SMILES string of the molecule is C=C/C(=C1/OCCOC1=C)c1cccc(O)c1.C=C/C=C(\C=C)OC.COc1ccccc1C1CCC1C(=O)O.C[O-].[K+]. The first-order chi connectivity index (χ1) is 20.3. The fraction of sp³-hybridized carbons (Fsp3) is 0.265. The Morgan fingerprint density at radius 2 is 1.67 bits per heavy atom. The molecule has 2 N–H and O–H groups in total. The van der Waals surface area contributed by atoms with Gasteiger partial charge in [-0.25, -0.2) is 0 Å². The Balaban J connectivity index is 0.000000625. The van der Waals surface area contributed by atoms with Crippen molar-refractivity contribution >= 4 is 11.5 Å². The van der Waals surface area contributed by atoms with Gasteiger partial charge in [-0.05, 0) is 54.3 Å². The number of benzene rings is 2. The first kappa shape index (κ1) is 39.9. The average molecular weight is 617 g/mol. The van der Waals surface area contributed by atoms with E-state index in [1.807, 2.05) is 30.3 Å². The molecule has 226 valence electrons. The van der Waals surface area contributed by atoms with Crippen LogP contribution in [0.15, 0.2) is 116 Å². The number of phenolic OH excluding ortho intramolecular Hbond substituents is 1. The predicted molar refractivity (Wildman–Crippen MR) is 164 cm³/mol. The molecular weight excluding hydrogens is 575 g/mol. The molecule has 1 saturated carbocycles. The summed E-state index contributed by atoms with van der Waals surface area (Å²) in [5.74, 6) is 2.00. The number of para-hydroxylation sites is 1. The van der Waals surface area contributed by atoms with Gasteiger partial charge in [0.15, 0.2) is 11.5 Å². The minimum Gasteiger partial charge on any atom is -0.857 e. The molecule has 1 aliphatic heterocycles. The summed E-state index contributed by atoms with van der Waals surface area (Å²) in [6, 6.07) is 14.6. The molecule has 8 nitrogen and oxygen atoms in total. The van der Waals surface area contributed by atoms with E-state index in [-0.39, 0.29) is 69.0 Å². The first-order valence-electron chi connectivity index (χ1n) is 13.2. The second-order valence-electron chi connectivity index (χ2n) is 8.70. The molecule has 4 rings (SSSR count). The fourth-order valence-corrected chi connectivity index (χ4v) is 4.17. The molecule has 1 heterocycles. The van der Waals surface area contributed by atoms with Crippen LogP contribution >= 0.6 is 0 Å². The second-order valence-corrected chi connectivity index (χ2v) is 8.70. The molecule has 0 aromatic heterocycles. The predicted octanol–water partition coefficient (Wildman–Crippen LogP) is 2.99. The second kappa shape index (κ2) is 22.5. The third-order valence-electron chi connectivity index (χ3n) is 6.31. The van der Waals surface area contributed by atoms with Gasteiger partial charge in [-0.1, -0.05) is 68.8 Å². The monoisotopic (exact) mass is 616 g/mol. The number of carboxylic acid groups (broad SMARTS) is 1. The van der Waals surface area contributed by atoms with Crippen LogP contribution in [0.4, 0.5) is 0 Å². The summed E-state index contributed by atoms with van der Waals surface area (Å²) in [5.41, 5.74) is 2.62. The molecule has 2 fully saturated rings. The van der Waals surface area contributed by atoms with Gasteiger partial charge >= 0.3 is 57.4 Å². The van der Waals surface area contributed by atoms with E-state index >= 15 is 0 Å². The normalized spacial score (nSPS) is 17.7. The van der Waals surface area contributed by atoms with E-state index in [9.17, 15) is 9.90 Å². The molecular formula is C34H41KO8. The number of rotatable bonds is 8. The van der Waals surface area contributed by atoms with Gasteiger partial charge in [0, 0.05) is 11.5 Å². The molecule has 1 aliphatic carbocycles. The van der Waals surface area contributed by atoms with Gasteiger partial charge < -0.3 is 34.3 Å². The van der Waals surface area contributed by atoms with Crippen molar-refractivity contribution in [3.05, 3.63) is 128 Å². The topological polar surface area (TPSA) is 118 Å². The van der Waals surface area contributed by atoms with E-state index in [4.69, 9.17) is 29.2 Å². The quantitative estimate of drug-likeness (QED) is 0.264. The van der Waals surface area contributed by atoms with Gasteiger partial charge in [-0.2, -0.15) is 7.11 Å². The Bertz CT molecular complexity index is 1260. The van der Waals surface area contributed by atoms with Crippen molar-refractivity contribution < 1.29 is 90.4 Å². The molecule has 9 heteroatoms. The van der Waals surface area contributed by atoms with Gasteiger partial charge in [0.25, 0.3) is 0 Å². The van der Waals surface area contributed by atoms with Crippen LogP contribution in [-0.2, 0) is 19.0 Å². The van der Waals surface area contributed by atoms with Gasteiger partial charge in [0.1, 0.15) is 30.5 Å². The largest absolute Gasteiger partial charge is 1.00 e. The average Bonchev–Trinajstić information content (AvgIpc) is 2.98. The van der Waals surface area contributed by atoms with Gasteiger partial charge in [-0.3, -0.25) is 4.79 Å². The van der Waals surface area contributed by atoms with Crippen LogP contribution in [0.2, 0.25) is 0 Å². The molecule has 2 atom stereocenters. The van der Waals surface area contributed by atoms with E-state index in [2.05, 4.69) is 26.3 Å². The van der Waals surface area contributed by atoms with Crippen molar-refractivity contribution in [2.45, 2.75) is 18.8 Å². The molecule has 2 aromatic rings. The number of hydrogen-bond donors (Lipinski definition) is 2. The Labute approximate surface area is 297 Å². The van der Waals surface area contributed by atoms with Crippen LogP contribution in [0.1, 0.15) is 29.9 Å². The maximum absolute atomic E-state index is 10.9. The molecule has 43 heavy (non-hydrogen) atoms. The zero-order chi connectivity index (χ0) is 31.5. The summed E-state index contributed by atoms with van der Waals surface area (Å²) in [4.78, 5) is 10.9. The Morgan fingerprint density at radius 3 is 2.14 bits per heavy atom. The third kappa shape index (κ3) is 12.6. The van der Waals surface area contributed by atoms with Crippen LogP contribution in [0.3, 0.4) is 0 Å². The summed E-state index contributed by atoms with van der Waals surface area (Å²) in [5, 5.41) is 26.7. The zero-order valence-corrected chi connectivity index (χ0v) is 28.7. The molecule has 0 radical (unpaired) electrons. The van der Waals surface area contributed by atoms with E-state index in [0.717, 1.165) is 48.2 Å². The molecule has 0 bridgehead atoms. The molecule has 2 aliphatic rings. The van der Waals surface area contributed by atoms with E-state index < -0.39 is 5.97 Å². The number of carbonyl (C=O) groups is 1. The van der Waals surface area contributed by atoms with Crippen LogP contribution < -0.4 is 61.2 Å². The first-order valence-corrected chi connectivity index (χ1v) is 13.2. The molecule has 1 saturated heterocycles. The van der Waals surface area contributed by atoms with Crippen molar-refractivity contribution in [1.29, 1.82) is 0 Å². The molecule has 0 amide bonds. The van der Waals surface area contributed by atoms with Gasteiger partial charge in [-0.15, -0.1) is 0 Å².